The van der Waals surface area contributed by atoms with Crippen LogP contribution in [-0.2, 0) is 4.79 Å². The van der Waals surface area contributed by atoms with Crippen molar-refractivity contribution in [2.45, 2.75) is 0 Å². The van der Waals surface area contributed by atoms with Gasteiger partial charge in [0.25, 0.3) is 5.69 Å². The number of halogens is 1. The minimum Gasteiger partial charge on any atom is -0.330 e. The topological polar surface area (TPSA) is 84.3 Å². The van der Waals surface area contributed by atoms with E-state index >= 15 is 0 Å². The van der Waals surface area contributed by atoms with Gasteiger partial charge >= 0.3 is 0 Å². The number of thiocarbonyl (C=S) groups is 1. The molecule has 0 radical (unpaired) electrons. The zero-order chi connectivity index (χ0) is 17.5. The third-order valence-corrected chi connectivity index (χ3v) is 3.08. The summed E-state index contributed by atoms with van der Waals surface area (Å²) >= 11 is 4.90. The number of rotatable bonds is 4. The third kappa shape index (κ3) is 4.96. The summed E-state index contributed by atoms with van der Waals surface area (Å²) in [5.74, 6) is -1.24. The first-order valence-electron chi connectivity index (χ1n) is 6.75. The largest absolute Gasteiger partial charge is 0.330 e. The van der Waals surface area contributed by atoms with Crippen LogP contribution in [0.3, 0.4) is 0 Å². The standard InChI is InChI=1S/C16H12FN3O3S/c17-13-8-7-12(20(22)23)10-14(13)18-16(24)19-15(21)9-6-11-4-2-1-3-5-11/h1-10H,(H2,18,19,21,24)/b9-6+. The van der Waals surface area contributed by atoms with Gasteiger partial charge in [-0.05, 0) is 29.9 Å². The van der Waals surface area contributed by atoms with Crippen LogP contribution in [0.2, 0.25) is 0 Å². The number of anilines is 1. The molecule has 2 aromatic rings. The Balaban J connectivity index is 1.98. The molecule has 0 heterocycles. The van der Waals surface area contributed by atoms with Crippen LogP contribution in [0, 0.1) is 15.9 Å². The third-order valence-electron chi connectivity index (χ3n) is 2.87. The molecule has 2 rings (SSSR count). The van der Waals surface area contributed by atoms with Gasteiger partial charge in [-0.2, -0.15) is 0 Å². The number of amides is 1. The summed E-state index contributed by atoms with van der Waals surface area (Å²) in [5.41, 5.74) is 0.342. The lowest BCUT2D eigenvalue weighted by molar-refractivity contribution is -0.384. The highest BCUT2D eigenvalue weighted by molar-refractivity contribution is 7.80. The number of hydrogen-bond acceptors (Lipinski definition) is 4. The smallest absolute Gasteiger partial charge is 0.271 e. The Morgan fingerprint density at radius 2 is 1.92 bits per heavy atom. The Labute approximate surface area is 142 Å². The van der Waals surface area contributed by atoms with Crippen molar-refractivity contribution in [1.29, 1.82) is 0 Å². The molecular formula is C16H12FN3O3S. The van der Waals surface area contributed by atoms with Gasteiger partial charge in [0.15, 0.2) is 5.11 Å². The van der Waals surface area contributed by atoms with Gasteiger partial charge in [-0.15, -0.1) is 0 Å². The molecule has 0 bridgehead atoms. The molecule has 6 nitrogen and oxygen atoms in total. The second-order valence-electron chi connectivity index (χ2n) is 4.61. The van der Waals surface area contributed by atoms with E-state index in [0.29, 0.717) is 0 Å². The lowest BCUT2D eigenvalue weighted by Crippen LogP contribution is -2.33. The molecule has 0 aromatic heterocycles. The highest BCUT2D eigenvalue weighted by atomic mass is 32.1. The van der Waals surface area contributed by atoms with Gasteiger partial charge in [0.2, 0.25) is 5.91 Å². The van der Waals surface area contributed by atoms with E-state index in [-0.39, 0.29) is 16.5 Å². The molecule has 0 aliphatic rings. The Morgan fingerprint density at radius 3 is 2.58 bits per heavy atom. The molecule has 0 aliphatic heterocycles. The lowest BCUT2D eigenvalue weighted by Gasteiger charge is -2.08. The molecule has 0 saturated heterocycles. The minimum atomic E-state index is -0.725. The number of hydrogen-bond donors (Lipinski definition) is 2. The van der Waals surface area contributed by atoms with Crippen LogP contribution in [0.15, 0.2) is 54.6 Å². The molecule has 0 spiro atoms. The maximum absolute atomic E-state index is 13.6. The first-order chi connectivity index (χ1) is 11.5. The van der Waals surface area contributed by atoms with E-state index in [1.807, 2.05) is 30.3 Å². The maximum Gasteiger partial charge on any atom is 0.271 e. The Morgan fingerprint density at radius 1 is 1.21 bits per heavy atom. The molecular weight excluding hydrogens is 333 g/mol. The number of benzene rings is 2. The zero-order valence-electron chi connectivity index (χ0n) is 12.2. The first kappa shape index (κ1) is 17.2. The van der Waals surface area contributed by atoms with Gasteiger partial charge in [0, 0.05) is 18.2 Å². The summed E-state index contributed by atoms with van der Waals surface area (Å²) in [6.45, 7) is 0. The highest BCUT2D eigenvalue weighted by Crippen LogP contribution is 2.21. The van der Waals surface area contributed by atoms with Gasteiger partial charge in [0.1, 0.15) is 5.82 Å². The van der Waals surface area contributed by atoms with E-state index in [0.717, 1.165) is 23.8 Å². The van der Waals surface area contributed by atoms with Crippen LogP contribution >= 0.6 is 12.2 Å². The summed E-state index contributed by atoms with van der Waals surface area (Å²) < 4.78 is 13.6. The van der Waals surface area contributed by atoms with Crippen molar-refractivity contribution in [2.24, 2.45) is 0 Å². The van der Waals surface area contributed by atoms with Crippen molar-refractivity contribution >= 4 is 40.7 Å². The quantitative estimate of drug-likeness (QED) is 0.385. The summed E-state index contributed by atoms with van der Waals surface area (Å²) in [6.07, 6.45) is 2.86. The van der Waals surface area contributed by atoms with Crippen molar-refractivity contribution in [1.82, 2.24) is 5.32 Å². The number of nitro benzene ring substituents is 1. The fourth-order valence-electron chi connectivity index (χ4n) is 1.77. The number of carbonyl (C=O) groups excluding carboxylic acids is 1. The molecule has 0 atom stereocenters. The van der Waals surface area contributed by atoms with Crippen molar-refractivity contribution < 1.29 is 14.1 Å². The maximum atomic E-state index is 13.6. The van der Waals surface area contributed by atoms with Crippen LogP contribution in [0.1, 0.15) is 5.56 Å². The van der Waals surface area contributed by atoms with Crippen molar-refractivity contribution in [3.05, 3.63) is 76.1 Å². The average molecular weight is 345 g/mol. The van der Waals surface area contributed by atoms with E-state index in [9.17, 15) is 19.3 Å². The molecule has 0 saturated carbocycles. The van der Waals surface area contributed by atoms with Crippen LogP contribution in [0.5, 0.6) is 0 Å². The summed E-state index contributed by atoms with van der Waals surface area (Å²) in [5, 5.41) is 15.3. The monoisotopic (exact) mass is 345 g/mol. The fourth-order valence-corrected chi connectivity index (χ4v) is 1.98. The van der Waals surface area contributed by atoms with E-state index in [1.165, 1.54) is 6.08 Å². The molecule has 122 valence electrons. The molecule has 24 heavy (non-hydrogen) atoms. The molecule has 0 fully saturated rings. The van der Waals surface area contributed by atoms with Gasteiger partial charge in [0.05, 0.1) is 10.6 Å². The molecule has 0 unspecified atom stereocenters. The normalized spacial score (nSPS) is 10.4. The molecule has 0 aliphatic carbocycles. The summed E-state index contributed by atoms with van der Waals surface area (Å²) in [4.78, 5) is 21.8. The summed E-state index contributed by atoms with van der Waals surface area (Å²) in [6, 6.07) is 12.1. The van der Waals surface area contributed by atoms with Crippen LogP contribution in [0.25, 0.3) is 6.08 Å². The Bertz CT molecular complexity index is 809. The average Bonchev–Trinajstić information content (AvgIpc) is 2.55. The molecule has 2 aromatic carbocycles. The molecule has 1 amide bonds. The number of carbonyl (C=O) groups is 1. The van der Waals surface area contributed by atoms with Crippen LogP contribution in [-0.4, -0.2) is 15.9 Å². The second kappa shape index (κ2) is 7.93. The second-order valence-corrected chi connectivity index (χ2v) is 5.02. The Hall–Kier alpha value is -3.13. The van der Waals surface area contributed by atoms with Crippen molar-refractivity contribution in [3.8, 4) is 0 Å². The van der Waals surface area contributed by atoms with E-state index < -0.39 is 16.6 Å². The highest BCUT2D eigenvalue weighted by Gasteiger charge is 2.12. The van der Waals surface area contributed by atoms with Crippen LogP contribution < -0.4 is 10.6 Å². The van der Waals surface area contributed by atoms with Crippen molar-refractivity contribution in [3.63, 3.8) is 0 Å². The number of nitro groups is 1. The van der Waals surface area contributed by atoms with Gasteiger partial charge in [-0.25, -0.2) is 4.39 Å². The number of nitrogens with one attached hydrogen (secondary N) is 2. The van der Waals surface area contributed by atoms with E-state index in [2.05, 4.69) is 10.6 Å². The zero-order valence-corrected chi connectivity index (χ0v) is 13.0. The predicted molar refractivity (Wildman–Crippen MR) is 92.9 cm³/mol. The van der Waals surface area contributed by atoms with Gasteiger partial charge in [-0.1, -0.05) is 30.3 Å². The molecule has 2 N–H and O–H groups in total. The van der Waals surface area contributed by atoms with Gasteiger partial charge < -0.3 is 5.32 Å². The Kier molecular flexibility index (Phi) is 5.69. The van der Waals surface area contributed by atoms with E-state index in [1.54, 1.807) is 6.08 Å². The number of non-ortho nitro benzene ring substituents is 1. The van der Waals surface area contributed by atoms with E-state index in [4.69, 9.17) is 12.2 Å². The predicted octanol–water partition coefficient (Wildman–Crippen LogP) is 3.26. The van der Waals surface area contributed by atoms with Gasteiger partial charge in [-0.3, -0.25) is 20.2 Å². The number of nitrogens with zero attached hydrogens (tertiary/aromatic N) is 1. The molecule has 8 heteroatoms. The van der Waals surface area contributed by atoms with Crippen molar-refractivity contribution in [2.75, 3.05) is 5.32 Å². The van der Waals surface area contributed by atoms with Crippen LogP contribution in [0.4, 0.5) is 15.8 Å². The summed E-state index contributed by atoms with van der Waals surface area (Å²) in [7, 11) is 0. The minimum absolute atomic E-state index is 0.169. The lowest BCUT2D eigenvalue weighted by atomic mass is 10.2. The first-order valence-corrected chi connectivity index (χ1v) is 7.15. The SMILES string of the molecule is O=C(/C=C/c1ccccc1)NC(=S)Nc1cc([N+](=O)[O-])ccc1F. The fraction of sp³-hybridized carbons (Fsp3) is 0.